The molecule has 1 N–H and O–H groups in total. The second-order valence-electron chi connectivity index (χ2n) is 6.03. The molecule has 114 valence electrons. The predicted octanol–water partition coefficient (Wildman–Crippen LogP) is 1.83. The molecule has 0 aliphatic rings. The Kier molecular flexibility index (Phi) is 3.77. The molecule has 0 fully saturated rings. The van der Waals surface area contributed by atoms with Crippen LogP contribution in [0.25, 0.3) is 5.69 Å². The predicted molar refractivity (Wildman–Crippen MR) is 82.7 cm³/mol. The fourth-order valence-electron chi connectivity index (χ4n) is 2.29. The Labute approximate surface area is 129 Å². The summed E-state index contributed by atoms with van der Waals surface area (Å²) in [4.78, 5) is 0. The van der Waals surface area contributed by atoms with Crippen LogP contribution in [0.5, 0.6) is 0 Å². The highest BCUT2D eigenvalue weighted by Crippen LogP contribution is 2.11. The lowest BCUT2D eigenvalue weighted by atomic mass is 10.0. The molecule has 0 radical (unpaired) electrons. The van der Waals surface area contributed by atoms with Gasteiger partial charge in [-0.25, -0.2) is 9.36 Å². The van der Waals surface area contributed by atoms with Crippen LogP contribution >= 0.6 is 0 Å². The summed E-state index contributed by atoms with van der Waals surface area (Å²) in [5, 5.41) is 22.4. The summed E-state index contributed by atoms with van der Waals surface area (Å²) >= 11 is 0. The molecule has 2 aromatic heterocycles. The monoisotopic (exact) mass is 297 g/mol. The van der Waals surface area contributed by atoms with Crippen molar-refractivity contribution in [3.8, 4) is 5.69 Å². The quantitative estimate of drug-likeness (QED) is 0.780. The van der Waals surface area contributed by atoms with Gasteiger partial charge in [0, 0.05) is 24.4 Å². The summed E-state index contributed by atoms with van der Waals surface area (Å²) in [5.74, 6) is 0. The molecule has 1 aromatic carbocycles. The van der Waals surface area contributed by atoms with Crippen molar-refractivity contribution < 1.29 is 5.11 Å². The van der Waals surface area contributed by atoms with Gasteiger partial charge in [-0.1, -0.05) is 23.4 Å². The SMILES string of the molecule is CC(C)(O)Cc1cn(Cc2cnn(-c3ccccc3)c2)nn1. The third-order valence-corrected chi connectivity index (χ3v) is 3.20. The summed E-state index contributed by atoms with van der Waals surface area (Å²) in [6.45, 7) is 4.12. The van der Waals surface area contributed by atoms with Crippen LogP contribution in [0.2, 0.25) is 0 Å². The Balaban J connectivity index is 1.71. The molecular formula is C16H19N5O. The van der Waals surface area contributed by atoms with E-state index < -0.39 is 5.60 Å². The Morgan fingerprint density at radius 2 is 1.91 bits per heavy atom. The van der Waals surface area contributed by atoms with Crippen LogP contribution in [0.4, 0.5) is 0 Å². The molecule has 0 aliphatic heterocycles. The van der Waals surface area contributed by atoms with Gasteiger partial charge < -0.3 is 5.11 Å². The van der Waals surface area contributed by atoms with Gasteiger partial charge >= 0.3 is 0 Å². The zero-order valence-electron chi connectivity index (χ0n) is 12.7. The third-order valence-electron chi connectivity index (χ3n) is 3.20. The first-order valence-electron chi connectivity index (χ1n) is 7.20. The Morgan fingerprint density at radius 3 is 2.64 bits per heavy atom. The topological polar surface area (TPSA) is 68.8 Å². The summed E-state index contributed by atoms with van der Waals surface area (Å²) < 4.78 is 3.59. The number of hydrogen-bond acceptors (Lipinski definition) is 4. The van der Waals surface area contributed by atoms with E-state index in [0.29, 0.717) is 13.0 Å². The van der Waals surface area contributed by atoms with Crippen LogP contribution in [0.1, 0.15) is 25.1 Å². The lowest BCUT2D eigenvalue weighted by Gasteiger charge is -2.13. The van der Waals surface area contributed by atoms with Crippen LogP contribution in [0, 0.1) is 0 Å². The number of rotatable bonds is 5. The molecule has 0 aliphatic carbocycles. The first-order chi connectivity index (χ1) is 10.5. The first-order valence-corrected chi connectivity index (χ1v) is 7.20. The van der Waals surface area contributed by atoms with Crippen LogP contribution in [0.3, 0.4) is 0 Å². The van der Waals surface area contributed by atoms with E-state index >= 15 is 0 Å². The lowest BCUT2D eigenvalue weighted by Crippen LogP contribution is -2.22. The van der Waals surface area contributed by atoms with Crippen molar-refractivity contribution >= 4 is 0 Å². The minimum atomic E-state index is -0.779. The van der Waals surface area contributed by atoms with Crippen molar-refractivity contribution in [1.29, 1.82) is 0 Å². The van der Waals surface area contributed by atoms with Crippen molar-refractivity contribution in [1.82, 2.24) is 24.8 Å². The van der Waals surface area contributed by atoms with Gasteiger partial charge in [0.1, 0.15) is 0 Å². The van der Waals surface area contributed by atoms with Gasteiger partial charge in [-0.15, -0.1) is 5.10 Å². The maximum Gasteiger partial charge on any atom is 0.0855 e. The highest BCUT2D eigenvalue weighted by Gasteiger charge is 2.16. The summed E-state index contributed by atoms with van der Waals surface area (Å²) in [5.41, 5.74) is 2.07. The average Bonchev–Trinajstić information content (AvgIpc) is 3.08. The van der Waals surface area contributed by atoms with Gasteiger partial charge in [-0.3, -0.25) is 0 Å². The molecule has 6 nitrogen and oxygen atoms in total. The summed E-state index contributed by atoms with van der Waals surface area (Å²) in [6.07, 6.45) is 6.14. The number of aliphatic hydroxyl groups is 1. The van der Waals surface area contributed by atoms with Crippen molar-refractivity contribution in [3.05, 3.63) is 60.2 Å². The zero-order valence-corrected chi connectivity index (χ0v) is 12.7. The van der Waals surface area contributed by atoms with Crippen LogP contribution in [0.15, 0.2) is 48.9 Å². The molecule has 0 saturated carbocycles. The molecular weight excluding hydrogens is 278 g/mol. The van der Waals surface area contributed by atoms with E-state index in [1.807, 2.05) is 53.6 Å². The fraction of sp³-hybridized carbons (Fsp3) is 0.312. The molecule has 3 rings (SSSR count). The fourth-order valence-corrected chi connectivity index (χ4v) is 2.29. The molecule has 0 spiro atoms. The smallest absolute Gasteiger partial charge is 0.0855 e. The van der Waals surface area contributed by atoms with Crippen LogP contribution in [-0.2, 0) is 13.0 Å². The number of nitrogens with zero attached hydrogens (tertiary/aromatic N) is 5. The van der Waals surface area contributed by atoms with Gasteiger partial charge in [0.2, 0.25) is 0 Å². The standard InChI is InChI=1S/C16H19N5O/c1-16(2,22)8-14-12-20(19-18-14)10-13-9-17-21(11-13)15-6-4-3-5-7-15/h3-7,9,11-12,22H,8,10H2,1-2H3. The number of aromatic nitrogens is 5. The highest BCUT2D eigenvalue weighted by atomic mass is 16.3. The average molecular weight is 297 g/mol. The minimum Gasteiger partial charge on any atom is -0.390 e. The van der Waals surface area contributed by atoms with Gasteiger partial charge in [-0.05, 0) is 26.0 Å². The van der Waals surface area contributed by atoms with E-state index in [1.54, 1.807) is 18.5 Å². The Hall–Kier alpha value is -2.47. The molecule has 2 heterocycles. The van der Waals surface area contributed by atoms with E-state index in [2.05, 4.69) is 15.4 Å². The molecule has 0 amide bonds. The van der Waals surface area contributed by atoms with E-state index in [0.717, 1.165) is 16.9 Å². The van der Waals surface area contributed by atoms with E-state index in [1.165, 1.54) is 0 Å². The maximum atomic E-state index is 9.81. The van der Waals surface area contributed by atoms with Gasteiger partial charge in [-0.2, -0.15) is 5.10 Å². The zero-order chi connectivity index (χ0) is 15.6. The molecule has 6 heteroatoms. The number of benzene rings is 1. The largest absolute Gasteiger partial charge is 0.390 e. The first kappa shape index (κ1) is 14.5. The third kappa shape index (κ3) is 3.59. The number of hydrogen-bond donors (Lipinski definition) is 1. The van der Waals surface area contributed by atoms with E-state index in [-0.39, 0.29) is 0 Å². The van der Waals surface area contributed by atoms with E-state index in [9.17, 15) is 5.11 Å². The summed E-state index contributed by atoms with van der Waals surface area (Å²) in [7, 11) is 0. The molecule has 0 saturated heterocycles. The van der Waals surface area contributed by atoms with Gasteiger partial charge in [0.05, 0.1) is 29.7 Å². The van der Waals surface area contributed by atoms with Crippen LogP contribution in [-0.4, -0.2) is 35.5 Å². The molecule has 3 aromatic rings. The molecule has 0 unspecified atom stereocenters. The molecule has 0 atom stereocenters. The van der Waals surface area contributed by atoms with Gasteiger partial charge in [0.25, 0.3) is 0 Å². The van der Waals surface area contributed by atoms with Crippen molar-refractivity contribution in [3.63, 3.8) is 0 Å². The number of para-hydroxylation sites is 1. The maximum absolute atomic E-state index is 9.81. The van der Waals surface area contributed by atoms with E-state index in [4.69, 9.17) is 0 Å². The van der Waals surface area contributed by atoms with Crippen molar-refractivity contribution in [2.24, 2.45) is 0 Å². The summed E-state index contributed by atoms with van der Waals surface area (Å²) in [6, 6.07) is 9.96. The molecule has 0 bridgehead atoms. The van der Waals surface area contributed by atoms with Crippen molar-refractivity contribution in [2.45, 2.75) is 32.4 Å². The lowest BCUT2D eigenvalue weighted by molar-refractivity contribution is 0.0799. The minimum absolute atomic E-state index is 0.482. The van der Waals surface area contributed by atoms with Gasteiger partial charge in [0.15, 0.2) is 0 Å². The highest BCUT2D eigenvalue weighted by molar-refractivity contribution is 5.30. The van der Waals surface area contributed by atoms with Crippen molar-refractivity contribution in [2.75, 3.05) is 0 Å². The molecule has 22 heavy (non-hydrogen) atoms. The second kappa shape index (κ2) is 5.73. The second-order valence-corrected chi connectivity index (χ2v) is 6.03. The normalized spacial score (nSPS) is 11.8. The Morgan fingerprint density at radius 1 is 1.14 bits per heavy atom. The Bertz CT molecular complexity index is 739. The van der Waals surface area contributed by atoms with Crippen LogP contribution < -0.4 is 0 Å².